The molecule has 0 unspecified atom stereocenters. The number of nitro groups is 1. The van der Waals surface area contributed by atoms with Crippen LogP contribution in [0, 0.1) is 23.0 Å². The van der Waals surface area contributed by atoms with Gasteiger partial charge in [-0.2, -0.15) is 0 Å². The molecule has 8 nitrogen and oxygen atoms in total. The molecule has 30 heavy (non-hydrogen) atoms. The Morgan fingerprint density at radius 3 is 2.63 bits per heavy atom. The standard InChI is InChI=1S/C21H21N5O3S/c1-14-4-5-16(26(28)29)13-18(14)22-21(27)15-8-10-25(11-9-15)20-7-6-17(23-24-20)19-3-2-12-30-19/h2-7,12-13,15H,8-11H2,1H3,(H,22,27). The smallest absolute Gasteiger partial charge is 0.271 e. The molecule has 0 atom stereocenters. The number of carbonyl (C=O) groups is 1. The van der Waals surface area contributed by atoms with E-state index in [4.69, 9.17) is 0 Å². The van der Waals surface area contributed by atoms with Crippen LogP contribution in [-0.2, 0) is 4.79 Å². The number of anilines is 2. The highest BCUT2D eigenvalue weighted by atomic mass is 32.1. The Morgan fingerprint density at radius 1 is 1.20 bits per heavy atom. The molecule has 1 aromatic carbocycles. The Balaban J connectivity index is 1.36. The van der Waals surface area contributed by atoms with Crippen molar-refractivity contribution in [2.75, 3.05) is 23.3 Å². The summed E-state index contributed by atoms with van der Waals surface area (Å²) in [7, 11) is 0. The van der Waals surface area contributed by atoms with Gasteiger partial charge in [-0.15, -0.1) is 21.5 Å². The molecule has 1 N–H and O–H groups in total. The van der Waals surface area contributed by atoms with Crippen molar-refractivity contribution in [3.63, 3.8) is 0 Å². The number of piperidine rings is 1. The van der Waals surface area contributed by atoms with Gasteiger partial charge in [-0.25, -0.2) is 0 Å². The molecule has 0 spiro atoms. The number of hydrogen-bond acceptors (Lipinski definition) is 7. The van der Waals surface area contributed by atoms with Gasteiger partial charge in [0.15, 0.2) is 5.82 Å². The lowest BCUT2D eigenvalue weighted by Gasteiger charge is -2.31. The summed E-state index contributed by atoms with van der Waals surface area (Å²) in [6.07, 6.45) is 1.38. The molecule has 1 aliphatic heterocycles. The largest absolute Gasteiger partial charge is 0.355 e. The number of nitrogens with one attached hydrogen (secondary N) is 1. The Labute approximate surface area is 177 Å². The first-order valence-corrected chi connectivity index (χ1v) is 10.6. The summed E-state index contributed by atoms with van der Waals surface area (Å²) < 4.78 is 0. The van der Waals surface area contributed by atoms with Crippen molar-refractivity contribution in [2.24, 2.45) is 5.92 Å². The van der Waals surface area contributed by atoms with E-state index in [0.29, 0.717) is 31.6 Å². The average molecular weight is 423 g/mol. The second kappa shape index (κ2) is 8.58. The van der Waals surface area contributed by atoms with Crippen LogP contribution in [0.3, 0.4) is 0 Å². The molecule has 0 bridgehead atoms. The van der Waals surface area contributed by atoms with Gasteiger partial charge in [-0.05, 0) is 48.9 Å². The van der Waals surface area contributed by atoms with E-state index < -0.39 is 4.92 Å². The third kappa shape index (κ3) is 4.30. The summed E-state index contributed by atoms with van der Waals surface area (Å²) >= 11 is 1.63. The molecule has 1 fully saturated rings. The fourth-order valence-electron chi connectivity index (χ4n) is 3.51. The molecular formula is C21H21N5O3S. The number of amides is 1. The van der Waals surface area contributed by atoms with Crippen LogP contribution in [0.25, 0.3) is 10.6 Å². The van der Waals surface area contributed by atoms with Crippen LogP contribution in [0.1, 0.15) is 18.4 Å². The van der Waals surface area contributed by atoms with Crippen LogP contribution in [0.5, 0.6) is 0 Å². The predicted molar refractivity (Wildman–Crippen MR) is 117 cm³/mol. The van der Waals surface area contributed by atoms with E-state index in [0.717, 1.165) is 22.0 Å². The van der Waals surface area contributed by atoms with Crippen LogP contribution in [0.2, 0.25) is 0 Å². The van der Waals surface area contributed by atoms with Crippen molar-refractivity contribution in [3.05, 3.63) is 63.5 Å². The van der Waals surface area contributed by atoms with Crippen molar-refractivity contribution >= 4 is 34.4 Å². The van der Waals surface area contributed by atoms with Crippen molar-refractivity contribution in [2.45, 2.75) is 19.8 Å². The summed E-state index contributed by atoms with van der Waals surface area (Å²) in [5, 5.41) is 24.5. The topological polar surface area (TPSA) is 101 Å². The Hall–Kier alpha value is -3.33. The second-order valence-electron chi connectivity index (χ2n) is 7.26. The highest BCUT2D eigenvalue weighted by Gasteiger charge is 2.26. The van der Waals surface area contributed by atoms with Crippen molar-refractivity contribution in [1.29, 1.82) is 0 Å². The maximum Gasteiger partial charge on any atom is 0.271 e. The fourth-order valence-corrected chi connectivity index (χ4v) is 4.20. The molecule has 1 saturated heterocycles. The molecule has 0 aliphatic carbocycles. The molecule has 9 heteroatoms. The number of non-ortho nitro benzene ring substituents is 1. The van der Waals surface area contributed by atoms with Crippen LogP contribution in [0.15, 0.2) is 47.8 Å². The Bertz CT molecular complexity index is 1050. The minimum absolute atomic E-state index is 0.0321. The monoisotopic (exact) mass is 423 g/mol. The maximum atomic E-state index is 12.7. The van der Waals surface area contributed by atoms with Gasteiger partial charge in [0.05, 0.1) is 15.5 Å². The van der Waals surface area contributed by atoms with Crippen LogP contribution in [0.4, 0.5) is 17.2 Å². The zero-order chi connectivity index (χ0) is 21.1. The lowest BCUT2D eigenvalue weighted by atomic mass is 9.95. The molecule has 2 aromatic heterocycles. The summed E-state index contributed by atoms with van der Waals surface area (Å²) in [4.78, 5) is 26.4. The van der Waals surface area contributed by atoms with Gasteiger partial charge in [0, 0.05) is 31.1 Å². The minimum Gasteiger partial charge on any atom is -0.355 e. The van der Waals surface area contributed by atoms with Crippen molar-refractivity contribution in [1.82, 2.24) is 10.2 Å². The number of nitrogens with zero attached hydrogens (tertiary/aromatic N) is 4. The number of hydrogen-bond donors (Lipinski definition) is 1. The first-order valence-electron chi connectivity index (χ1n) is 9.70. The highest BCUT2D eigenvalue weighted by Crippen LogP contribution is 2.27. The summed E-state index contributed by atoms with van der Waals surface area (Å²) in [5.41, 5.74) is 2.12. The lowest BCUT2D eigenvalue weighted by Crippen LogP contribution is -2.38. The van der Waals surface area contributed by atoms with Gasteiger partial charge >= 0.3 is 0 Å². The zero-order valence-corrected chi connectivity index (χ0v) is 17.3. The first-order chi connectivity index (χ1) is 14.5. The second-order valence-corrected chi connectivity index (χ2v) is 8.21. The SMILES string of the molecule is Cc1ccc([N+](=O)[O-])cc1NC(=O)C1CCN(c2ccc(-c3cccs3)nn2)CC1. The minimum atomic E-state index is -0.460. The molecule has 0 saturated carbocycles. The zero-order valence-electron chi connectivity index (χ0n) is 16.4. The first kappa shape index (κ1) is 20.0. The van der Waals surface area contributed by atoms with E-state index in [2.05, 4.69) is 20.4 Å². The summed E-state index contributed by atoms with van der Waals surface area (Å²) in [6, 6.07) is 12.4. The number of carbonyl (C=O) groups excluding carboxylic acids is 1. The van der Waals surface area contributed by atoms with E-state index >= 15 is 0 Å². The molecule has 1 amide bonds. The van der Waals surface area contributed by atoms with Gasteiger partial charge in [0.2, 0.25) is 5.91 Å². The van der Waals surface area contributed by atoms with Gasteiger partial charge in [-0.1, -0.05) is 12.1 Å². The summed E-state index contributed by atoms with van der Waals surface area (Å²) in [5.74, 6) is 0.569. The molecule has 1 aliphatic rings. The van der Waals surface area contributed by atoms with E-state index in [-0.39, 0.29) is 17.5 Å². The Kier molecular flexibility index (Phi) is 5.71. The number of thiophene rings is 1. The molecule has 0 radical (unpaired) electrons. The molecule has 3 aromatic rings. The van der Waals surface area contributed by atoms with E-state index in [1.807, 2.05) is 36.6 Å². The van der Waals surface area contributed by atoms with Crippen molar-refractivity contribution in [3.8, 4) is 10.6 Å². The van der Waals surface area contributed by atoms with E-state index in [9.17, 15) is 14.9 Å². The van der Waals surface area contributed by atoms with Crippen LogP contribution >= 0.6 is 11.3 Å². The molecule has 3 heterocycles. The molecule has 154 valence electrons. The van der Waals surface area contributed by atoms with Gasteiger partial charge in [0.25, 0.3) is 5.69 Å². The van der Waals surface area contributed by atoms with Crippen LogP contribution < -0.4 is 10.2 Å². The van der Waals surface area contributed by atoms with Gasteiger partial charge < -0.3 is 10.2 Å². The lowest BCUT2D eigenvalue weighted by molar-refractivity contribution is -0.384. The molecule has 4 rings (SSSR count). The number of nitro benzene ring substituents is 1. The van der Waals surface area contributed by atoms with E-state index in [1.54, 1.807) is 17.4 Å². The average Bonchev–Trinajstić information content (AvgIpc) is 3.30. The van der Waals surface area contributed by atoms with Gasteiger partial charge in [-0.3, -0.25) is 14.9 Å². The van der Waals surface area contributed by atoms with Crippen LogP contribution in [-0.4, -0.2) is 34.1 Å². The van der Waals surface area contributed by atoms with E-state index in [1.165, 1.54) is 12.1 Å². The number of aromatic nitrogens is 2. The quantitative estimate of drug-likeness (QED) is 0.486. The van der Waals surface area contributed by atoms with Crippen molar-refractivity contribution < 1.29 is 9.72 Å². The number of benzene rings is 1. The number of rotatable bonds is 5. The van der Waals surface area contributed by atoms with Gasteiger partial charge in [0.1, 0.15) is 5.69 Å². The third-order valence-corrected chi connectivity index (χ3v) is 6.20. The third-order valence-electron chi connectivity index (χ3n) is 5.30. The predicted octanol–water partition coefficient (Wildman–Crippen LogP) is 4.28. The number of aryl methyl sites for hydroxylation is 1. The maximum absolute atomic E-state index is 12.7. The fraction of sp³-hybridized carbons (Fsp3) is 0.286. The Morgan fingerprint density at radius 2 is 2.00 bits per heavy atom. The highest BCUT2D eigenvalue weighted by molar-refractivity contribution is 7.13. The normalized spacial score (nSPS) is 14.5. The molecular weight excluding hydrogens is 402 g/mol. The summed E-state index contributed by atoms with van der Waals surface area (Å²) in [6.45, 7) is 3.23.